The fourth-order valence-electron chi connectivity index (χ4n) is 1.77. The molecule has 2 aromatic rings. The van der Waals surface area contributed by atoms with Gasteiger partial charge in [-0.1, -0.05) is 35.5 Å². The van der Waals surface area contributed by atoms with Crippen molar-refractivity contribution in [3.05, 3.63) is 41.7 Å². The molecule has 0 unspecified atom stereocenters. The Hall–Kier alpha value is -2.43. The first-order valence-electron chi connectivity index (χ1n) is 5.04. The lowest BCUT2D eigenvalue weighted by Gasteiger charge is -2.08. The van der Waals surface area contributed by atoms with Crippen molar-refractivity contribution in [1.29, 1.82) is 0 Å². The predicted octanol–water partition coefficient (Wildman–Crippen LogP) is 1.58. The lowest BCUT2D eigenvalue weighted by atomic mass is 10.0. The summed E-state index contributed by atoms with van der Waals surface area (Å²) in [6.07, 6.45) is -0.0547. The summed E-state index contributed by atoms with van der Waals surface area (Å²) in [5, 5.41) is 3.82. The van der Waals surface area contributed by atoms with Gasteiger partial charge in [-0.2, -0.15) is 0 Å². The Morgan fingerprint density at radius 1 is 1.12 bits per heavy atom. The number of hydrogen-bond acceptors (Lipinski definition) is 5. The topological polar surface area (TPSA) is 69.4 Å². The van der Waals surface area contributed by atoms with E-state index >= 15 is 0 Å². The number of carbonyl (C=O) groups excluding carboxylic acids is 2. The third-order valence-corrected chi connectivity index (χ3v) is 2.53. The normalized spacial score (nSPS) is 14.4. The molecule has 0 saturated heterocycles. The van der Waals surface area contributed by atoms with E-state index in [0.29, 0.717) is 5.69 Å². The summed E-state index contributed by atoms with van der Waals surface area (Å²) in [5.74, 6) is -1.04. The summed E-state index contributed by atoms with van der Waals surface area (Å²) >= 11 is 0. The van der Waals surface area contributed by atoms with E-state index in [-0.39, 0.29) is 17.7 Å². The summed E-state index contributed by atoms with van der Waals surface area (Å²) in [6, 6.07) is 9.13. The van der Waals surface area contributed by atoms with Crippen LogP contribution >= 0.6 is 0 Å². The lowest BCUT2D eigenvalue weighted by molar-refractivity contribution is -0.138. The fraction of sp³-hybridized carbons (Fsp3) is 0.0833. The third-order valence-electron chi connectivity index (χ3n) is 2.53. The molecular weight excluding hydrogens is 222 g/mol. The van der Waals surface area contributed by atoms with E-state index in [0.717, 1.165) is 5.56 Å². The van der Waals surface area contributed by atoms with E-state index in [9.17, 15) is 9.59 Å². The van der Waals surface area contributed by atoms with E-state index in [1.165, 1.54) is 0 Å². The Labute approximate surface area is 96.0 Å². The van der Waals surface area contributed by atoms with Crippen molar-refractivity contribution >= 4 is 11.9 Å². The van der Waals surface area contributed by atoms with Crippen LogP contribution in [0, 0.1) is 0 Å². The number of ether oxygens (including phenoxy) is 1. The molecule has 0 radical (unpaired) electrons. The molecule has 0 fully saturated rings. The first-order valence-corrected chi connectivity index (χ1v) is 5.04. The summed E-state index contributed by atoms with van der Waals surface area (Å²) in [5.41, 5.74) is 1.41. The van der Waals surface area contributed by atoms with Gasteiger partial charge in [0, 0.05) is 5.56 Å². The molecule has 0 bridgehead atoms. The first kappa shape index (κ1) is 9.77. The molecule has 1 aliphatic rings. The summed E-state index contributed by atoms with van der Waals surface area (Å²) < 4.78 is 9.57. The number of rotatable bonds is 1. The molecule has 0 saturated carbocycles. The van der Waals surface area contributed by atoms with Crippen molar-refractivity contribution in [1.82, 2.24) is 5.16 Å². The third kappa shape index (κ3) is 1.52. The molecule has 84 valence electrons. The molecule has 3 rings (SSSR count). The minimum atomic E-state index is -0.698. The maximum Gasteiger partial charge on any atom is 0.351 e. The van der Waals surface area contributed by atoms with Crippen LogP contribution in [0.3, 0.4) is 0 Å². The molecule has 2 heterocycles. The molecule has 5 heteroatoms. The van der Waals surface area contributed by atoms with Gasteiger partial charge in [0.25, 0.3) is 0 Å². The number of carbonyl (C=O) groups is 2. The van der Waals surface area contributed by atoms with Crippen molar-refractivity contribution in [3.63, 3.8) is 0 Å². The highest BCUT2D eigenvalue weighted by Crippen LogP contribution is 2.28. The van der Waals surface area contributed by atoms with Gasteiger partial charge in [-0.3, -0.25) is 4.79 Å². The van der Waals surface area contributed by atoms with Crippen molar-refractivity contribution < 1.29 is 18.8 Å². The average Bonchev–Trinajstić information content (AvgIpc) is 2.74. The maximum atomic E-state index is 11.6. The summed E-state index contributed by atoms with van der Waals surface area (Å²) in [7, 11) is 0. The van der Waals surface area contributed by atoms with Crippen LogP contribution in [0.1, 0.15) is 16.1 Å². The summed E-state index contributed by atoms with van der Waals surface area (Å²) in [4.78, 5) is 22.7. The Bertz CT molecular complexity index is 600. The monoisotopic (exact) mass is 229 g/mol. The van der Waals surface area contributed by atoms with Crippen molar-refractivity contribution in [3.8, 4) is 11.3 Å². The quantitative estimate of drug-likeness (QED) is 0.548. The maximum absolute atomic E-state index is 11.6. The molecule has 5 nitrogen and oxygen atoms in total. The number of cyclic esters (lactones) is 2. The number of esters is 2. The number of fused-ring (bicyclic) bond motifs is 1. The van der Waals surface area contributed by atoms with Gasteiger partial charge in [0.15, 0.2) is 5.76 Å². The molecule has 1 aliphatic heterocycles. The highest BCUT2D eigenvalue weighted by Gasteiger charge is 2.32. The summed E-state index contributed by atoms with van der Waals surface area (Å²) in [6.45, 7) is 0. The second-order valence-electron chi connectivity index (χ2n) is 3.63. The van der Waals surface area contributed by atoms with Gasteiger partial charge in [0.2, 0.25) is 0 Å². The van der Waals surface area contributed by atoms with Crippen LogP contribution in [0.5, 0.6) is 0 Å². The van der Waals surface area contributed by atoms with Crippen molar-refractivity contribution in [2.75, 3.05) is 0 Å². The minimum Gasteiger partial charge on any atom is -0.389 e. The average molecular weight is 229 g/mol. The van der Waals surface area contributed by atoms with Crippen LogP contribution in [0.2, 0.25) is 0 Å². The smallest absolute Gasteiger partial charge is 0.351 e. The van der Waals surface area contributed by atoms with Crippen LogP contribution in [-0.2, 0) is 16.0 Å². The largest absolute Gasteiger partial charge is 0.389 e. The van der Waals surface area contributed by atoms with Gasteiger partial charge >= 0.3 is 11.9 Å². The van der Waals surface area contributed by atoms with Gasteiger partial charge in [-0.15, -0.1) is 0 Å². The van der Waals surface area contributed by atoms with Gasteiger partial charge < -0.3 is 9.26 Å². The van der Waals surface area contributed by atoms with Crippen LogP contribution in [0.15, 0.2) is 34.9 Å². The molecule has 0 aliphatic carbocycles. The van der Waals surface area contributed by atoms with Gasteiger partial charge in [0.1, 0.15) is 17.7 Å². The van der Waals surface area contributed by atoms with E-state index < -0.39 is 11.9 Å². The zero-order chi connectivity index (χ0) is 11.8. The standard InChI is InChI=1S/C12H7NO4/c14-9-6-8-10(12(15)16-9)11(13-17-8)7-4-2-1-3-5-7/h1-5H,6H2. The van der Waals surface area contributed by atoms with Crippen molar-refractivity contribution in [2.24, 2.45) is 0 Å². The molecule has 0 N–H and O–H groups in total. The number of hydrogen-bond donors (Lipinski definition) is 0. The molecule has 1 aromatic carbocycles. The first-order chi connectivity index (χ1) is 8.25. The molecule has 17 heavy (non-hydrogen) atoms. The molecule has 0 atom stereocenters. The van der Waals surface area contributed by atoms with Gasteiger partial charge in [-0.25, -0.2) is 4.79 Å². The lowest BCUT2D eigenvalue weighted by Crippen LogP contribution is -2.21. The fourth-order valence-corrected chi connectivity index (χ4v) is 1.77. The van der Waals surface area contributed by atoms with E-state index in [1.54, 1.807) is 0 Å². The van der Waals surface area contributed by atoms with Crippen molar-refractivity contribution in [2.45, 2.75) is 6.42 Å². The zero-order valence-corrected chi connectivity index (χ0v) is 8.67. The molecule has 1 aromatic heterocycles. The highest BCUT2D eigenvalue weighted by atomic mass is 16.6. The van der Waals surface area contributed by atoms with Gasteiger partial charge in [0.05, 0.1) is 0 Å². The van der Waals surface area contributed by atoms with E-state index in [4.69, 9.17) is 4.52 Å². The zero-order valence-electron chi connectivity index (χ0n) is 8.67. The minimum absolute atomic E-state index is 0.0547. The highest BCUT2D eigenvalue weighted by molar-refractivity contribution is 6.05. The molecule has 0 spiro atoms. The molecule has 0 amide bonds. The Morgan fingerprint density at radius 2 is 1.88 bits per heavy atom. The predicted molar refractivity (Wildman–Crippen MR) is 56.1 cm³/mol. The number of nitrogens with zero attached hydrogens (tertiary/aromatic N) is 1. The Kier molecular flexibility index (Phi) is 2.04. The van der Waals surface area contributed by atoms with Crippen LogP contribution in [0.25, 0.3) is 11.3 Å². The van der Waals surface area contributed by atoms with Crippen LogP contribution < -0.4 is 0 Å². The Balaban J connectivity index is 2.16. The SMILES string of the molecule is O=C1Cc2onc(-c3ccccc3)c2C(=O)O1. The van der Waals surface area contributed by atoms with Crippen LogP contribution in [-0.4, -0.2) is 17.1 Å². The Morgan fingerprint density at radius 3 is 2.65 bits per heavy atom. The molecular formula is C12H7NO4. The van der Waals surface area contributed by atoms with Crippen LogP contribution in [0.4, 0.5) is 0 Å². The van der Waals surface area contributed by atoms with E-state index in [2.05, 4.69) is 9.89 Å². The second kappa shape index (κ2) is 3.55. The second-order valence-corrected chi connectivity index (χ2v) is 3.63. The number of aromatic nitrogens is 1. The van der Waals surface area contributed by atoms with Gasteiger partial charge in [-0.05, 0) is 0 Å². The number of benzene rings is 1. The van der Waals surface area contributed by atoms with E-state index in [1.807, 2.05) is 30.3 Å².